The van der Waals surface area contributed by atoms with Crippen LogP contribution in [-0.4, -0.2) is 67.0 Å². The highest BCUT2D eigenvalue weighted by molar-refractivity contribution is 6.06. The van der Waals surface area contributed by atoms with Gasteiger partial charge in [0.2, 0.25) is 0 Å². The molecular formula is C11H19N3O4. The van der Waals surface area contributed by atoms with Crippen LogP contribution in [0.3, 0.4) is 0 Å². The van der Waals surface area contributed by atoms with E-state index in [1.165, 1.54) is 7.11 Å². The Hall–Kier alpha value is -1.63. The van der Waals surface area contributed by atoms with Crippen LogP contribution in [0.4, 0.5) is 4.79 Å². The zero-order chi connectivity index (χ0) is 13.9. The van der Waals surface area contributed by atoms with E-state index in [2.05, 4.69) is 10.1 Å². The van der Waals surface area contributed by atoms with Gasteiger partial charge in [-0.3, -0.25) is 19.4 Å². The lowest BCUT2D eigenvalue weighted by Gasteiger charge is -2.19. The molecule has 0 spiro atoms. The average molecular weight is 257 g/mol. The number of esters is 1. The maximum Gasteiger partial charge on any atom is 0.325 e. The van der Waals surface area contributed by atoms with E-state index in [1.54, 1.807) is 25.8 Å². The molecule has 1 aliphatic rings. The van der Waals surface area contributed by atoms with E-state index in [0.29, 0.717) is 6.54 Å². The molecule has 0 saturated carbocycles. The molecule has 1 aliphatic heterocycles. The van der Waals surface area contributed by atoms with Gasteiger partial charge >= 0.3 is 12.0 Å². The van der Waals surface area contributed by atoms with Crippen LogP contribution in [0.1, 0.15) is 13.8 Å². The molecule has 3 amide bonds. The minimum Gasteiger partial charge on any atom is -0.468 e. The summed E-state index contributed by atoms with van der Waals surface area (Å²) in [5, 5.41) is 2.60. The third kappa shape index (κ3) is 3.19. The third-order valence-corrected chi connectivity index (χ3v) is 2.78. The molecule has 18 heavy (non-hydrogen) atoms. The molecule has 0 aromatic heterocycles. The van der Waals surface area contributed by atoms with Crippen molar-refractivity contribution >= 4 is 17.9 Å². The summed E-state index contributed by atoms with van der Waals surface area (Å²) in [6, 6.07) is -0.392. The summed E-state index contributed by atoms with van der Waals surface area (Å²) in [7, 11) is 3.04. The molecule has 1 N–H and O–H groups in total. The molecule has 7 heteroatoms. The van der Waals surface area contributed by atoms with Crippen molar-refractivity contribution in [1.29, 1.82) is 0 Å². The molecule has 102 valence electrons. The Labute approximate surface area is 106 Å². The number of hydrogen-bond acceptors (Lipinski definition) is 5. The number of ether oxygens (including phenoxy) is 1. The molecule has 7 nitrogen and oxygen atoms in total. The summed E-state index contributed by atoms with van der Waals surface area (Å²) < 4.78 is 4.53. The summed E-state index contributed by atoms with van der Waals surface area (Å²) in [5.74, 6) is -0.603. The van der Waals surface area contributed by atoms with Gasteiger partial charge in [0.05, 0.1) is 13.7 Å². The van der Waals surface area contributed by atoms with Crippen LogP contribution in [0, 0.1) is 0 Å². The Morgan fingerprint density at radius 2 is 2.06 bits per heavy atom. The lowest BCUT2D eigenvalue weighted by atomic mass is 10.1. The van der Waals surface area contributed by atoms with Crippen LogP contribution in [0.2, 0.25) is 0 Å². The number of methoxy groups -OCH3 is 1. The minimum absolute atomic E-state index is 0.129. The molecule has 0 aromatic rings. The quantitative estimate of drug-likeness (QED) is 0.526. The SMILES string of the molecule is COC(=O)CN(C)CCN1C(=O)NC(C)(C)C1=O. The lowest BCUT2D eigenvalue weighted by Crippen LogP contribution is -2.42. The van der Waals surface area contributed by atoms with Crippen molar-refractivity contribution < 1.29 is 19.1 Å². The van der Waals surface area contributed by atoms with Crippen LogP contribution in [0.5, 0.6) is 0 Å². The second kappa shape index (κ2) is 5.34. The Bertz CT molecular complexity index is 367. The predicted octanol–water partition coefficient (Wildman–Crippen LogP) is -0.578. The molecule has 0 aromatic carbocycles. The first-order valence-electron chi connectivity index (χ1n) is 5.67. The van der Waals surface area contributed by atoms with E-state index in [1.807, 2.05) is 0 Å². The first-order valence-corrected chi connectivity index (χ1v) is 5.67. The van der Waals surface area contributed by atoms with E-state index in [-0.39, 0.29) is 25.0 Å². The monoisotopic (exact) mass is 257 g/mol. The van der Waals surface area contributed by atoms with Crippen LogP contribution < -0.4 is 5.32 Å². The first kappa shape index (κ1) is 14.4. The Morgan fingerprint density at radius 1 is 1.44 bits per heavy atom. The number of carbonyl (C=O) groups excluding carboxylic acids is 3. The zero-order valence-corrected chi connectivity index (χ0v) is 11.1. The van der Waals surface area contributed by atoms with Gasteiger partial charge in [-0.2, -0.15) is 0 Å². The Morgan fingerprint density at radius 3 is 2.50 bits per heavy atom. The molecule has 1 saturated heterocycles. The highest BCUT2D eigenvalue weighted by Crippen LogP contribution is 2.15. The van der Waals surface area contributed by atoms with Gasteiger partial charge in [0.15, 0.2) is 0 Å². The number of carbonyl (C=O) groups is 3. The fraction of sp³-hybridized carbons (Fsp3) is 0.727. The van der Waals surface area contributed by atoms with E-state index in [4.69, 9.17) is 0 Å². The van der Waals surface area contributed by atoms with Crippen molar-refractivity contribution in [3.63, 3.8) is 0 Å². The van der Waals surface area contributed by atoms with Crippen LogP contribution in [-0.2, 0) is 14.3 Å². The number of amides is 3. The fourth-order valence-electron chi connectivity index (χ4n) is 1.66. The molecule has 0 bridgehead atoms. The largest absolute Gasteiger partial charge is 0.468 e. The molecule has 0 aliphatic carbocycles. The van der Waals surface area contributed by atoms with E-state index < -0.39 is 11.6 Å². The zero-order valence-electron chi connectivity index (χ0n) is 11.1. The number of nitrogens with zero attached hydrogens (tertiary/aromatic N) is 2. The van der Waals surface area contributed by atoms with Crippen molar-refractivity contribution in [2.45, 2.75) is 19.4 Å². The number of urea groups is 1. The topological polar surface area (TPSA) is 79.0 Å². The molecule has 0 radical (unpaired) electrons. The van der Waals surface area contributed by atoms with E-state index >= 15 is 0 Å². The van der Waals surface area contributed by atoms with Crippen molar-refractivity contribution in [3.05, 3.63) is 0 Å². The van der Waals surface area contributed by atoms with E-state index in [0.717, 1.165) is 4.90 Å². The van der Waals surface area contributed by atoms with Crippen LogP contribution in [0.25, 0.3) is 0 Å². The van der Waals surface area contributed by atoms with Crippen molar-refractivity contribution in [2.75, 3.05) is 33.8 Å². The van der Waals surface area contributed by atoms with Gasteiger partial charge in [0, 0.05) is 13.1 Å². The number of hydrogen-bond donors (Lipinski definition) is 1. The number of rotatable bonds is 5. The maximum absolute atomic E-state index is 11.9. The Kier molecular flexibility index (Phi) is 4.28. The molecule has 0 atom stereocenters. The highest BCUT2D eigenvalue weighted by atomic mass is 16.5. The summed E-state index contributed by atoms with van der Waals surface area (Å²) >= 11 is 0. The summed E-state index contributed by atoms with van der Waals surface area (Å²) in [6.07, 6.45) is 0. The van der Waals surface area contributed by atoms with Crippen LogP contribution in [0.15, 0.2) is 0 Å². The van der Waals surface area contributed by atoms with Gasteiger partial charge in [-0.05, 0) is 20.9 Å². The van der Waals surface area contributed by atoms with Gasteiger partial charge in [-0.15, -0.1) is 0 Å². The molecule has 1 rings (SSSR count). The molecule has 1 fully saturated rings. The standard InChI is InChI=1S/C11H19N3O4/c1-11(2)9(16)14(10(17)12-11)6-5-13(3)7-8(15)18-4/h5-7H2,1-4H3,(H,12,17). The Balaban J connectivity index is 2.47. The van der Waals surface area contributed by atoms with Gasteiger partial charge in [0.1, 0.15) is 5.54 Å². The molecular weight excluding hydrogens is 238 g/mol. The first-order chi connectivity index (χ1) is 8.27. The summed E-state index contributed by atoms with van der Waals surface area (Å²) in [4.78, 5) is 37.3. The van der Waals surface area contributed by atoms with Crippen molar-refractivity contribution in [3.8, 4) is 0 Å². The fourth-order valence-corrected chi connectivity index (χ4v) is 1.66. The smallest absolute Gasteiger partial charge is 0.325 e. The third-order valence-electron chi connectivity index (χ3n) is 2.78. The van der Waals surface area contributed by atoms with Crippen molar-refractivity contribution in [2.24, 2.45) is 0 Å². The van der Waals surface area contributed by atoms with Crippen LogP contribution >= 0.6 is 0 Å². The van der Waals surface area contributed by atoms with E-state index in [9.17, 15) is 14.4 Å². The summed E-state index contributed by atoms with van der Waals surface area (Å²) in [5.41, 5.74) is -0.849. The van der Waals surface area contributed by atoms with Gasteiger partial charge < -0.3 is 10.1 Å². The highest BCUT2D eigenvalue weighted by Gasteiger charge is 2.43. The average Bonchev–Trinajstić information content (AvgIpc) is 2.46. The second-order valence-electron chi connectivity index (χ2n) is 4.83. The van der Waals surface area contributed by atoms with Gasteiger partial charge in [0.25, 0.3) is 5.91 Å². The molecule has 1 heterocycles. The lowest BCUT2D eigenvalue weighted by molar-refractivity contribution is -0.141. The molecule has 0 unspecified atom stereocenters. The van der Waals surface area contributed by atoms with Crippen molar-refractivity contribution in [1.82, 2.24) is 15.1 Å². The van der Waals surface area contributed by atoms with Gasteiger partial charge in [-0.25, -0.2) is 4.79 Å². The number of likely N-dealkylation sites (N-methyl/N-ethyl adjacent to an activating group) is 1. The summed E-state index contributed by atoms with van der Waals surface area (Å²) in [6.45, 7) is 4.12. The predicted molar refractivity (Wildman–Crippen MR) is 63.8 cm³/mol. The normalized spacial score (nSPS) is 18.2. The maximum atomic E-state index is 11.9. The second-order valence-corrected chi connectivity index (χ2v) is 4.83. The minimum atomic E-state index is -0.849. The number of nitrogens with one attached hydrogen (secondary N) is 1. The van der Waals surface area contributed by atoms with Gasteiger partial charge in [-0.1, -0.05) is 0 Å². The number of imide groups is 1.